The molecule has 0 aromatic heterocycles. The Hall–Kier alpha value is -0.670. The monoisotopic (exact) mass is 269 g/mol. The molecular weight excluding hydrogens is 254 g/mol. The number of thiol groups is 1. The number of hydrogen-bond acceptors (Lipinski definition) is 2. The predicted molar refractivity (Wildman–Crippen MR) is 73.0 cm³/mol. The first-order valence-electron chi connectivity index (χ1n) is 5.82. The summed E-state index contributed by atoms with van der Waals surface area (Å²) in [5, 5.41) is 0.494. The van der Waals surface area contributed by atoms with Crippen molar-refractivity contribution in [1.29, 1.82) is 0 Å². The third-order valence-electron chi connectivity index (χ3n) is 3.28. The normalized spacial score (nSPS) is 15.5. The summed E-state index contributed by atoms with van der Waals surface area (Å²) in [7, 11) is 1.84. The van der Waals surface area contributed by atoms with Gasteiger partial charge in [-0.1, -0.05) is 18.0 Å². The predicted octanol–water partition coefficient (Wildman–Crippen LogP) is 3.50. The molecule has 1 aromatic carbocycles. The molecule has 1 aliphatic carbocycles. The standard InChI is InChI=1S/C13H16ClNOS/c1-15(8-9-3-2-4-9)13(16)11-7-10(17)5-6-12(11)14/h5-7,9,17H,2-4,8H2,1H3. The summed E-state index contributed by atoms with van der Waals surface area (Å²) in [5.74, 6) is 0.653. The molecule has 0 spiro atoms. The molecule has 1 amide bonds. The second-order valence-corrected chi connectivity index (χ2v) is 5.57. The van der Waals surface area contributed by atoms with Crippen LogP contribution in [-0.2, 0) is 0 Å². The van der Waals surface area contributed by atoms with Crippen molar-refractivity contribution < 1.29 is 4.79 Å². The van der Waals surface area contributed by atoms with E-state index in [1.165, 1.54) is 19.3 Å². The van der Waals surface area contributed by atoms with Crippen molar-refractivity contribution in [3.05, 3.63) is 28.8 Å². The first-order chi connectivity index (χ1) is 8.08. The van der Waals surface area contributed by atoms with Crippen molar-refractivity contribution in [2.45, 2.75) is 24.2 Å². The molecule has 1 aliphatic rings. The minimum Gasteiger partial charge on any atom is -0.341 e. The molecule has 1 saturated carbocycles. The van der Waals surface area contributed by atoms with Crippen LogP contribution in [-0.4, -0.2) is 24.4 Å². The average molecular weight is 270 g/mol. The van der Waals surface area contributed by atoms with E-state index in [0.717, 1.165) is 11.4 Å². The van der Waals surface area contributed by atoms with Crippen molar-refractivity contribution in [3.63, 3.8) is 0 Å². The molecule has 0 bridgehead atoms. The van der Waals surface area contributed by atoms with E-state index in [1.807, 2.05) is 7.05 Å². The Morgan fingerprint density at radius 1 is 1.53 bits per heavy atom. The molecule has 2 rings (SSSR count). The molecular formula is C13H16ClNOS. The van der Waals surface area contributed by atoms with E-state index in [-0.39, 0.29) is 5.91 Å². The Morgan fingerprint density at radius 2 is 2.24 bits per heavy atom. The Kier molecular flexibility index (Phi) is 4.00. The van der Waals surface area contributed by atoms with Gasteiger partial charge in [0.1, 0.15) is 0 Å². The second kappa shape index (κ2) is 5.32. The Labute approximate surface area is 112 Å². The van der Waals surface area contributed by atoms with Crippen molar-refractivity contribution in [3.8, 4) is 0 Å². The molecule has 0 heterocycles. The van der Waals surface area contributed by atoms with Gasteiger partial charge in [0, 0.05) is 18.5 Å². The first kappa shape index (κ1) is 12.8. The summed E-state index contributed by atoms with van der Waals surface area (Å²) in [5.41, 5.74) is 0.543. The van der Waals surface area contributed by atoms with Crippen LogP contribution in [0.2, 0.25) is 5.02 Å². The van der Waals surface area contributed by atoms with Crippen LogP contribution in [0.15, 0.2) is 23.1 Å². The highest BCUT2D eigenvalue weighted by Gasteiger charge is 2.23. The van der Waals surface area contributed by atoms with E-state index in [1.54, 1.807) is 23.1 Å². The van der Waals surface area contributed by atoms with E-state index < -0.39 is 0 Å². The summed E-state index contributed by atoms with van der Waals surface area (Å²) in [4.78, 5) is 14.7. The maximum absolute atomic E-state index is 12.2. The smallest absolute Gasteiger partial charge is 0.255 e. The van der Waals surface area contributed by atoms with Crippen LogP contribution in [0.25, 0.3) is 0 Å². The zero-order valence-electron chi connectivity index (χ0n) is 9.82. The second-order valence-electron chi connectivity index (χ2n) is 4.65. The molecule has 2 nitrogen and oxygen atoms in total. The lowest BCUT2D eigenvalue weighted by atomic mass is 9.85. The number of benzene rings is 1. The molecule has 4 heteroatoms. The highest BCUT2D eigenvalue weighted by Crippen LogP contribution is 2.28. The summed E-state index contributed by atoms with van der Waals surface area (Å²) >= 11 is 10.3. The zero-order valence-corrected chi connectivity index (χ0v) is 11.5. The first-order valence-corrected chi connectivity index (χ1v) is 6.64. The van der Waals surface area contributed by atoms with Gasteiger partial charge in [-0.15, -0.1) is 12.6 Å². The quantitative estimate of drug-likeness (QED) is 0.833. The van der Waals surface area contributed by atoms with Gasteiger partial charge in [-0.3, -0.25) is 4.79 Å². The average Bonchev–Trinajstić information content (AvgIpc) is 2.25. The SMILES string of the molecule is CN(CC1CCC1)C(=O)c1cc(S)ccc1Cl. The van der Waals surface area contributed by atoms with Gasteiger partial charge in [0.15, 0.2) is 0 Å². The van der Waals surface area contributed by atoms with E-state index >= 15 is 0 Å². The number of nitrogens with zero attached hydrogens (tertiary/aromatic N) is 1. The van der Waals surface area contributed by atoms with Gasteiger partial charge < -0.3 is 4.90 Å². The maximum atomic E-state index is 12.2. The number of rotatable bonds is 3. The number of amides is 1. The van der Waals surface area contributed by atoms with Gasteiger partial charge in [0.05, 0.1) is 10.6 Å². The minimum absolute atomic E-state index is 0.0159. The van der Waals surface area contributed by atoms with Crippen LogP contribution >= 0.6 is 24.2 Å². The fourth-order valence-electron chi connectivity index (χ4n) is 2.03. The molecule has 0 N–H and O–H groups in total. The van der Waals surface area contributed by atoms with Gasteiger partial charge in [0.25, 0.3) is 5.91 Å². The highest BCUT2D eigenvalue weighted by molar-refractivity contribution is 7.80. The van der Waals surface area contributed by atoms with Crippen LogP contribution in [0.5, 0.6) is 0 Å². The van der Waals surface area contributed by atoms with Crippen LogP contribution in [0, 0.1) is 5.92 Å². The van der Waals surface area contributed by atoms with Gasteiger partial charge >= 0.3 is 0 Å². The van der Waals surface area contributed by atoms with Gasteiger partial charge in [0.2, 0.25) is 0 Å². The largest absolute Gasteiger partial charge is 0.341 e. The fraction of sp³-hybridized carbons (Fsp3) is 0.462. The topological polar surface area (TPSA) is 20.3 Å². The summed E-state index contributed by atoms with van der Waals surface area (Å²) in [6.07, 6.45) is 3.76. The molecule has 0 aliphatic heterocycles. The third kappa shape index (κ3) is 2.96. The van der Waals surface area contributed by atoms with Crippen LogP contribution in [0.4, 0.5) is 0 Å². The maximum Gasteiger partial charge on any atom is 0.255 e. The Balaban J connectivity index is 2.09. The van der Waals surface area contributed by atoms with Gasteiger partial charge in [-0.05, 0) is 37.0 Å². The lowest BCUT2D eigenvalue weighted by Crippen LogP contribution is -2.34. The number of carbonyl (C=O) groups is 1. The van der Waals surface area contributed by atoms with E-state index in [0.29, 0.717) is 16.5 Å². The van der Waals surface area contributed by atoms with E-state index in [2.05, 4.69) is 12.6 Å². The number of carbonyl (C=O) groups excluding carboxylic acids is 1. The Bertz CT molecular complexity index is 431. The zero-order chi connectivity index (χ0) is 12.4. The Morgan fingerprint density at radius 3 is 2.82 bits per heavy atom. The number of halogens is 1. The fourth-order valence-corrected chi connectivity index (χ4v) is 2.43. The van der Waals surface area contributed by atoms with E-state index in [4.69, 9.17) is 11.6 Å². The summed E-state index contributed by atoms with van der Waals surface area (Å²) in [6.45, 7) is 0.825. The summed E-state index contributed by atoms with van der Waals surface area (Å²) < 4.78 is 0. The molecule has 0 unspecified atom stereocenters. The molecule has 17 heavy (non-hydrogen) atoms. The van der Waals surface area contributed by atoms with Gasteiger partial charge in [-0.2, -0.15) is 0 Å². The third-order valence-corrected chi connectivity index (χ3v) is 3.89. The van der Waals surface area contributed by atoms with Crippen molar-refractivity contribution in [2.75, 3.05) is 13.6 Å². The lowest BCUT2D eigenvalue weighted by Gasteiger charge is -2.30. The molecule has 0 radical (unpaired) electrons. The molecule has 92 valence electrons. The van der Waals surface area contributed by atoms with Crippen molar-refractivity contribution in [2.24, 2.45) is 5.92 Å². The molecule has 1 aromatic rings. The molecule has 1 fully saturated rings. The van der Waals surface area contributed by atoms with E-state index in [9.17, 15) is 4.79 Å². The minimum atomic E-state index is -0.0159. The highest BCUT2D eigenvalue weighted by atomic mass is 35.5. The number of hydrogen-bond donors (Lipinski definition) is 1. The van der Waals surface area contributed by atoms with Gasteiger partial charge in [-0.25, -0.2) is 0 Å². The summed E-state index contributed by atoms with van der Waals surface area (Å²) in [6, 6.07) is 5.23. The van der Waals surface area contributed by atoms with Crippen LogP contribution < -0.4 is 0 Å². The van der Waals surface area contributed by atoms with Crippen molar-refractivity contribution >= 4 is 30.1 Å². The molecule has 0 saturated heterocycles. The van der Waals surface area contributed by atoms with Crippen molar-refractivity contribution in [1.82, 2.24) is 4.90 Å². The lowest BCUT2D eigenvalue weighted by molar-refractivity contribution is 0.0745. The van der Waals surface area contributed by atoms with Crippen LogP contribution in [0.3, 0.4) is 0 Å². The van der Waals surface area contributed by atoms with Crippen LogP contribution in [0.1, 0.15) is 29.6 Å². The molecule has 0 atom stereocenters.